The first-order chi connectivity index (χ1) is 12.9. The number of carbonyl (C=O) groups excluding carboxylic acids is 1. The molecule has 9 heteroatoms. The minimum Gasteiger partial charge on any atom is -0.478 e. The van der Waals surface area contributed by atoms with Crippen molar-refractivity contribution in [2.75, 3.05) is 5.32 Å². The summed E-state index contributed by atoms with van der Waals surface area (Å²) in [5.74, 6) is -2.61. The smallest absolute Gasteiger partial charge is 0.335 e. The molecule has 2 aromatic heterocycles. The number of nitrogens with one attached hydrogen (secondary N) is 1. The summed E-state index contributed by atoms with van der Waals surface area (Å²) in [6.07, 6.45) is 2.96. The zero-order chi connectivity index (χ0) is 19.6. The fourth-order valence-electron chi connectivity index (χ4n) is 2.49. The van der Waals surface area contributed by atoms with Gasteiger partial charge in [-0.25, -0.2) is 19.3 Å². The molecule has 0 aliphatic rings. The SMILES string of the molecule is Cc1c(C(=O)Nc2cc(C(=O)O)cc(C(=O)O)c2)cnn1-c1ccccn1. The lowest BCUT2D eigenvalue weighted by molar-refractivity contribution is 0.0696. The molecule has 3 aromatic rings. The molecule has 0 bridgehead atoms. The Hall–Kier alpha value is -4.01. The van der Waals surface area contributed by atoms with Crippen LogP contribution in [0.3, 0.4) is 0 Å². The van der Waals surface area contributed by atoms with E-state index in [-0.39, 0.29) is 22.4 Å². The molecule has 0 atom stereocenters. The standard InChI is InChI=1S/C18H14N4O5/c1-10-14(9-20-22(10)15-4-2-3-5-19-15)16(23)21-13-7-11(17(24)25)6-12(8-13)18(26)27/h2-9H,1H3,(H,21,23)(H,24,25)(H,26,27). The van der Waals surface area contributed by atoms with Gasteiger partial charge in [0, 0.05) is 11.9 Å². The van der Waals surface area contributed by atoms with E-state index in [1.807, 2.05) is 0 Å². The second-order valence-corrected chi connectivity index (χ2v) is 5.61. The number of benzene rings is 1. The molecule has 0 saturated heterocycles. The third-order valence-corrected chi connectivity index (χ3v) is 3.81. The molecular formula is C18H14N4O5. The van der Waals surface area contributed by atoms with E-state index in [1.54, 1.807) is 31.3 Å². The molecular weight excluding hydrogens is 352 g/mol. The molecule has 1 aromatic carbocycles. The Morgan fingerprint density at radius 1 is 1.04 bits per heavy atom. The van der Waals surface area contributed by atoms with Crippen LogP contribution in [-0.2, 0) is 0 Å². The molecule has 27 heavy (non-hydrogen) atoms. The predicted molar refractivity (Wildman–Crippen MR) is 94.4 cm³/mol. The number of aromatic carboxylic acids is 2. The lowest BCUT2D eigenvalue weighted by Crippen LogP contribution is -2.14. The first kappa shape index (κ1) is 17.8. The van der Waals surface area contributed by atoms with Gasteiger partial charge in [-0.15, -0.1) is 0 Å². The molecule has 0 fully saturated rings. The lowest BCUT2D eigenvalue weighted by atomic mass is 10.1. The Bertz CT molecular complexity index is 1010. The van der Waals surface area contributed by atoms with Gasteiger partial charge in [0.1, 0.15) is 0 Å². The summed E-state index contributed by atoms with van der Waals surface area (Å²) >= 11 is 0. The number of pyridine rings is 1. The Balaban J connectivity index is 1.91. The summed E-state index contributed by atoms with van der Waals surface area (Å²) in [5, 5.41) is 24.9. The molecule has 0 radical (unpaired) electrons. The van der Waals surface area contributed by atoms with Crippen molar-refractivity contribution in [3.8, 4) is 5.82 Å². The number of carboxylic acid groups (broad SMARTS) is 2. The van der Waals surface area contributed by atoms with Gasteiger partial charge in [-0.3, -0.25) is 4.79 Å². The van der Waals surface area contributed by atoms with E-state index < -0.39 is 17.8 Å². The minimum absolute atomic E-state index is 0.0577. The van der Waals surface area contributed by atoms with Crippen molar-refractivity contribution >= 4 is 23.5 Å². The number of aromatic nitrogens is 3. The number of rotatable bonds is 5. The predicted octanol–water partition coefficient (Wildman–Crippen LogP) is 2.22. The van der Waals surface area contributed by atoms with E-state index in [9.17, 15) is 14.4 Å². The first-order valence-corrected chi connectivity index (χ1v) is 7.76. The number of anilines is 1. The highest BCUT2D eigenvalue weighted by atomic mass is 16.4. The highest BCUT2D eigenvalue weighted by Crippen LogP contribution is 2.18. The van der Waals surface area contributed by atoms with Crippen LogP contribution in [0.1, 0.15) is 36.8 Å². The number of carbonyl (C=O) groups is 3. The van der Waals surface area contributed by atoms with Gasteiger partial charge in [-0.1, -0.05) is 6.07 Å². The van der Waals surface area contributed by atoms with Crippen LogP contribution in [0, 0.1) is 6.92 Å². The summed E-state index contributed by atoms with van der Waals surface area (Å²) in [7, 11) is 0. The Kier molecular flexibility index (Phi) is 4.67. The molecule has 0 spiro atoms. The van der Waals surface area contributed by atoms with Crippen LogP contribution in [0.2, 0.25) is 0 Å². The summed E-state index contributed by atoms with van der Waals surface area (Å²) in [5.41, 5.74) is 0.344. The van der Waals surface area contributed by atoms with E-state index >= 15 is 0 Å². The maximum atomic E-state index is 12.6. The van der Waals surface area contributed by atoms with Crippen LogP contribution < -0.4 is 5.32 Å². The number of carboxylic acids is 2. The zero-order valence-corrected chi connectivity index (χ0v) is 14.1. The first-order valence-electron chi connectivity index (χ1n) is 7.76. The van der Waals surface area contributed by atoms with Crippen molar-refractivity contribution in [3.05, 3.63) is 71.2 Å². The quantitative estimate of drug-likeness (QED) is 0.630. The maximum Gasteiger partial charge on any atom is 0.335 e. The molecule has 0 aliphatic carbocycles. The molecule has 0 unspecified atom stereocenters. The van der Waals surface area contributed by atoms with Gasteiger partial charge in [0.05, 0.1) is 28.6 Å². The molecule has 3 N–H and O–H groups in total. The van der Waals surface area contributed by atoms with Gasteiger partial charge in [0.25, 0.3) is 5.91 Å². The summed E-state index contributed by atoms with van der Waals surface area (Å²) in [6, 6.07) is 8.66. The number of amides is 1. The average molecular weight is 366 g/mol. The van der Waals surface area contributed by atoms with Crippen LogP contribution in [0.15, 0.2) is 48.8 Å². The molecule has 0 saturated carbocycles. The highest BCUT2D eigenvalue weighted by Gasteiger charge is 2.18. The van der Waals surface area contributed by atoms with Crippen LogP contribution >= 0.6 is 0 Å². The highest BCUT2D eigenvalue weighted by molar-refractivity contribution is 6.06. The van der Waals surface area contributed by atoms with Gasteiger partial charge in [-0.2, -0.15) is 5.10 Å². The van der Waals surface area contributed by atoms with Crippen LogP contribution in [0.5, 0.6) is 0 Å². The monoisotopic (exact) mass is 366 g/mol. The van der Waals surface area contributed by atoms with Gasteiger partial charge >= 0.3 is 11.9 Å². The minimum atomic E-state index is -1.30. The molecule has 2 heterocycles. The van der Waals surface area contributed by atoms with Gasteiger partial charge < -0.3 is 15.5 Å². The third-order valence-electron chi connectivity index (χ3n) is 3.81. The van der Waals surface area contributed by atoms with E-state index in [1.165, 1.54) is 23.0 Å². The number of nitrogens with zero attached hydrogens (tertiary/aromatic N) is 3. The fraction of sp³-hybridized carbons (Fsp3) is 0.0556. The molecule has 1 amide bonds. The third kappa shape index (κ3) is 3.66. The van der Waals surface area contributed by atoms with Crippen LogP contribution in [0.25, 0.3) is 5.82 Å². The molecule has 136 valence electrons. The van der Waals surface area contributed by atoms with E-state index in [0.29, 0.717) is 11.5 Å². The summed E-state index contributed by atoms with van der Waals surface area (Å²) in [4.78, 5) is 39.1. The van der Waals surface area contributed by atoms with Gasteiger partial charge in [0.2, 0.25) is 0 Å². The second-order valence-electron chi connectivity index (χ2n) is 5.61. The topological polar surface area (TPSA) is 134 Å². The van der Waals surface area contributed by atoms with E-state index in [0.717, 1.165) is 6.07 Å². The number of hydrogen-bond donors (Lipinski definition) is 3. The Labute approximate surface area is 152 Å². The molecule has 9 nitrogen and oxygen atoms in total. The van der Waals surface area contributed by atoms with E-state index in [4.69, 9.17) is 10.2 Å². The second kappa shape index (κ2) is 7.08. The average Bonchev–Trinajstić information content (AvgIpc) is 3.03. The zero-order valence-electron chi connectivity index (χ0n) is 14.1. The number of hydrogen-bond acceptors (Lipinski definition) is 5. The Morgan fingerprint density at radius 3 is 2.26 bits per heavy atom. The van der Waals surface area contributed by atoms with Crippen molar-refractivity contribution < 1.29 is 24.6 Å². The van der Waals surface area contributed by atoms with Crippen molar-refractivity contribution in [1.29, 1.82) is 0 Å². The Morgan fingerprint density at radius 2 is 1.70 bits per heavy atom. The van der Waals surface area contributed by atoms with Crippen molar-refractivity contribution in [2.24, 2.45) is 0 Å². The van der Waals surface area contributed by atoms with Crippen molar-refractivity contribution in [1.82, 2.24) is 14.8 Å². The van der Waals surface area contributed by atoms with Crippen molar-refractivity contribution in [2.45, 2.75) is 6.92 Å². The van der Waals surface area contributed by atoms with E-state index in [2.05, 4.69) is 15.4 Å². The normalized spacial score (nSPS) is 10.4. The molecule has 3 rings (SSSR count). The maximum absolute atomic E-state index is 12.6. The summed E-state index contributed by atoms with van der Waals surface area (Å²) < 4.78 is 1.49. The largest absolute Gasteiger partial charge is 0.478 e. The van der Waals surface area contributed by atoms with Crippen LogP contribution in [-0.4, -0.2) is 42.8 Å². The fourth-order valence-corrected chi connectivity index (χ4v) is 2.49. The van der Waals surface area contributed by atoms with Gasteiger partial charge in [0.15, 0.2) is 5.82 Å². The molecule has 0 aliphatic heterocycles. The van der Waals surface area contributed by atoms with Crippen LogP contribution in [0.4, 0.5) is 5.69 Å². The summed E-state index contributed by atoms with van der Waals surface area (Å²) in [6.45, 7) is 1.69. The van der Waals surface area contributed by atoms with Gasteiger partial charge in [-0.05, 0) is 37.3 Å². The van der Waals surface area contributed by atoms with Crippen molar-refractivity contribution in [3.63, 3.8) is 0 Å². The lowest BCUT2D eigenvalue weighted by Gasteiger charge is -2.08.